The van der Waals surface area contributed by atoms with Crippen molar-refractivity contribution in [2.24, 2.45) is 23.7 Å². The van der Waals surface area contributed by atoms with Crippen LogP contribution in [0.5, 0.6) is 0 Å². The molecule has 0 heterocycles. The molecule has 0 spiro atoms. The minimum atomic E-state index is -4.95. The number of hydrogen-bond donors (Lipinski definition) is 3. The van der Waals surface area contributed by atoms with Gasteiger partial charge in [0.1, 0.15) is 19.3 Å². The quantitative estimate of drug-likeness (QED) is 0.0222. The van der Waals surface area contributed by atoms with Crippen molar-refractivity contribution in [3.63, 3.8) is 0 Å². The van der Waals surface area contributed by atoms with Gasteiger partial charge in [-0.3, -0.25) is 37.3 Å². The van der Waals surface area contributed by atoms with Crippen LogP contribution in [0.1, 0.15) is 376 Å². The van der Waals surface area contributed by atoms with Crippen molar-refractivity contribution in [1.29, 1.82) is 0 Å². The predicted octanol–water partition coefficient (Wildman–Crippen LogP) is 21.7. The van der Waals surface area contributed by atoms with Gasteiger partial charge in [-0.2, -0.15) is 0 Å². The van der Waals surface area contributed by atoms with Crippen LogP contribution in [0.2, 0.25) is 0 Å². The Morgan fingerprint density at radius 1 is 0.298 bits per heavy atom. The van der Waals surface area contributed by atoms with Crippen LogP contribution < -0.4 is 0 Å². The molecular weight excluding hydrogens is 1230 g/mol. The number of aliphatic hydroxyl groups excluding tert-OH is 1. The molecule has 0 amide bonds. The topological polar surface area (TPSA) is 237 Å². The van der Waals surface area contributed by atoms with E-state index in [0.29, 0.717) is 31.6 Å². The van der Waals surface area contributed by atoms with Crippen LogP contribution in [0.3, 0.4) is 0 Å². The summed E-state index contributed by atoms with van der Waals surface area (Å²) in [5, 5.41) is 10.6. The lowest BCUT2D eigenvalue weighted by molar-refractivity contribution is -0.161. The smallest absolute Gasteiger partial charge is 0.462 e. The summed E-state index contributed by atoms with van der Waals surface area (Å²) in [7, 11) is -9.91. The zero-order chi connectivity index (χ0) is 69.6. The molecule has 0 saturated carbocycles. The van der Waals surface area contributed by atoms with Gasteiger partial charge in [0, 0.05) is 25.7 Å². The molecule has 6 atom stereocenters. The second kappa shape index (κ2) is 64.4. The van der Waals surface area contributed by atoms with Gasteiger partial charge in [0.15, 0.2) is 12.2 Å². The molecule has 0 aliphatic carbocycles. The number of phosphoric ester groups is 2. The third-order valence-corrected chi connectivity index (χ3v) is 19.6. The number of carbonyl (C=O) groups excluding carboxylic acids is 4. The Morgan fingerprint density at radius 3 is 0.755 bits per heavy atom. The number of rotatable bonds is 72. The first-order valence-electron chi connectivity index (χ1n) is 38.7. The van der Waals surface area contributed by atoms with Crippen molar-refractivity contribution in [3.8, 4) is 0 Å². The van der Waals surface area contributed by atoms with E-state index in [1.54, 1.807) is 0 Å². The van der Waals surface area contributed by atoms with Gasteiger partial charge in [0.2, 0.25) is 0 Å². The van der Waals surface area contributed by atoms with Crippen molar-refractivity contribution < 1.29 is 80.2 Å². The Morgan fingerprint density at radius 2 is 0.511 bits per heavy atom. The zero-order valence-electron chi connectivity index (χ0n) is 61.6. The highest BCUT2D eigenvalue weighted by Crippen LogP contribution is 2.45. The van der Waals surface area contributed by atoms with Crippen LogP contribution >= 0.6 is 15.6 Å². The number of esters is 4. The zero-order valence-corrected chi connectivity index (χ0v) is 63.4. The molecule has 0 fully saturated rings. The standard InChI is InChI=1S/C75H146O17P2/c1-9-68(8)54-46-38-32-34-40-48-56-73(78)86-62-71(92-75(80)58-50-42-30-26-22-18-14-16-20-24-28-36-44-52-66(4)5)64-90-94(83,84)88-60-69(76)59-87-93(81,82)89-63-70(61-85-72(77)55-47-39-33-31-37-45-53-67(6)7)91-74(79)57-49-41-29-25-21-17-13-11-10-12-15-19-23-27-35-43-51-65(2)3/h65-71,76H,9-64H2,1-8H3,(H,81,82)(H,83,84)/t68?,69?,70-,71-/m1/s1. The summed E-state index contributed by atoms with van der Waals surface area (Å²) >= 11 is 0. The minimum absolute atomic E-state index is 0.106. The van der Waals surface area contributed by atoms with Crippen molar-refractivity contribution >= 4 is 39.5 Å². The Bertz CT molecular complexity index is 1850. The van der Waals surface area contributed by atoms with Crippen LogP contribution in [0.15, 0.2) is 0 Å². The Hall–Kier alpha value is -1.94. The van der Waals surface area contributed by atoms with Crippen molar-refractivity contribution in [2.75, 3.05) is 39.6 Å². The fraction of sp³-hybridized carbons (Fsp3) is 0.947. The monoisotopic (exact) mass is 1380 g/mol. The highest BCUT2D eigenvalue weighted by atomic mass is 31.2. The summed E-state index contributed by atoms with van der Waals surface area (Å²) in [6.45, 7) is 14.1. The maximum absolute atomic E-state index is 13.0. The highest BCUT2D eigenvalue weighted by Gasteiger charge is 2.30. The number of phosphoric acid groups is 2. The van der Waals surface area contributed by atoms with Gasteiger partial charge in [-0.05, 0) is 49.4 Å². The number of hydrogen-bond acceptors (Lipinski definition) is 15. The highest BCUT2D eigenvalue weighted by molar-refractivity contribution is 7.47. The van der Waals surface area contributed by atoms with Gasteiger partial charge in [-0.15, -0.1) is 0 Å². The van der Waals surface area contributed by atoms with Crippen LogP contribution in [-0.2, 0) is 65.4 Å². The number of unbranched alkanes of at least 4 members (excludes halogenated alkanes) is 37. The Labute approximate surface area is 575 Å². The molecule has 0 saturated heterocycles. The van der Waals surface area contributed by atoms with Gasteiger partial charge in [0.25, 0.3) is 0 Å². The molecule has 558 valence electrons. The normalized spacial score (nSPS) is 14.4. The molecule has 0 aromatic rings. The maximum Gasteiger partial charge on any atom is 0.472 e. The second-order valence-electron chi connectivity index (χ2n) is 28.7. The Balaban J connectivity index is 5.19. The number of ether oxygens (including phenoxy) is 4. The molecule has 0 aromatic heterocycles. The molecule has 0 bridgehead atoms. The van der Waals surface area contributed by atoms with Gasteiger partial charge in [0.05, 0.1) is 26.4 Å². The average Bonchev–Trinajstić information content (AvgIpc) is 1.42. The molecule has 94 heavy (non-hydrogen) atoms. The summed E-state index contributed by atoms with van der Waals surface area (Å²) in [5.41, 5.74) is 0. The van der Waals surface area contributed by atoms with E-state index in [1.165, 1.54) is 167 Å². The molecule has 3 N–H and O–H groups in total. The third-order valence-electron chi connectivity index (χ3n) is 17.7. The molecule has 0 aliphatic rings. The van der Waals surface area contributed by atoms with Gasteiger partial charge >= 0.3 is 39.5 Å². The lowest BCUT2D eigenvalue weighted by Crippen LogP contribution is -2.30. The molecule has 0 rings (SSSR count). The maximum atomic E-state index is 13.0. The molecule has 4 unspecified atom stereocenters. The summed E-state index contributed by atoms with van der Waals surface area (Å²) in [4.78, 5) is 72.7. The van der Waals surface area contributed by atoms with Crippen molar-refractivity contribution in [2.45, 2.75) is 395 Å². The van der Waals surface area contributed by atoms with Crippen LogP contribution in [0.4, 0.5) is 0 Å². The fourth-order valence-electron chi connectivity index (χ4n) is 11.3. The van der Waals surface area contributed by atoms with E-state index >= 15 is 0 Å². The van der Waals surface area contributed by atoms with E-state index in [1.807, 2.05) is 0 Å². The first-order valence-corrected chi connectivity index (χ1v) is 41.7. The summed E-state index contributed by atoms with van der Waals surface area (Å²) < 4.78 is 68.4. The first kappa shape index (κ1) is 92.1. The van der Waals surface area contributed by atoms with Gasteiger partial charge in [-0.25, -0.2) is 9.13 Å². The molecule has 17 nitrogen and oxygen atoms in total. The van der Waals surface area contributed by atoms with E-state index < -0.39 is 97.5 Å². The average molecular weight is 1380 g/mol. The SMILES string of the molecule is CCC(C)CCCCCCCCC(=O)OC[C@H](COP(=O)(O)OCC(O)COP(=O)(O)OC[C@@H](COC(=O)CCCCCCCCC(C)C)OC(=O)CCCCCCCCCCCCCCCCCCC(C)C)OC(=O)CCCCCCCCCCCCCCCC(C)C. The first-order chi connectivity index (χ1) is 45.1. The number of aliphatic hydroxyl groups is 1. The van der Waals surface area contributed by atoms with Crippen molar-refractivity contribution in [1.82, 2.24) is 0 Å². The van der Waals surface area contributed by atoms with Crippen LogP contribution in [0.25, 0.3) is 0 Å². The van der Waals surface area contributed by atoms with Crippen LogP contribution in [0, 0.1) is 23.7 Å². The number of carbonyl (C=O) groups is 4. The molecule has 0 aromatic carbocycles. The van der Waals surface area contributed by atoms with Gasteiger partial charge < -0.3 is 33.8 Å². The van der Waals surface area contributed by atoms with E-state index in [0.717, 1.165) is 120 Å². The van der Waals surface area contributed by atoms with Crippen molar-refractivity contribution in [3.05, 3.63) is 0 Å². The lowest BCUT2D eigenvalue weighted by atomic mass is 10.00. The molecule has 19 heteroatoms. The summed E-state index contributed by atoms with van der Waals surface area (Å²) in [6.07, 6.45) is 48.8. The summed E-state index contributed by atoms with van der Waals surface area (Å²) in [5.74, 6) is 0.881. The lowest BCUT2D eigenvalue weighted by Gasteiger charge is -2.21. The third kappa shape index (κ3) is 67.3. The minimum Gasteiger partial charge on any atom is -0.462 e. The van der Waals surface area contributed by atoms with E-state index in [-0.39, 0.29) is 25.7 Å². The largest absolute Gasteiger partial charge is 0.472 e. The van der Waals surface area contributed by atoms with Gasteiger partial charge in [-0.1, -0.05) is 325 Å². The molecular formula is C75H146O17P2. The Kier molecular flexibility index (Phi) is 63.1. The van der Waals surface area contributed by atoms with E-state index in [9.17, 15) is 43.2 Å². The molecule has 0 radical (unpaired) electrons. The summed E-state index contributed by atoms with van der Waals surface area (Å²) in [6, 6.07) is 0. The predicted molar refractivity (Wildman–Crippen MR) is 381 cm³/mol. The molecule has 0 aliphatic heterocycles. The fourth-order valence-corrected chi connectivity index (χ4v) is 12.9. The van der Waals surface area contributed by atoms with E-state index in [4.69, 9.17) is 37.0 Å². The van der Waals surface area contributed by atoms with E-state index in [2.05, 4.69) is 55.4 Å². The second-order valence-corrected chi connectivity index (χ2v) is 31.6. The van der Waals surface area contributed by atoms with Crippen LogP contribution in [-0.4, -0.2) is 96.7 Å².